The summed E-state index contributed by atoms with van der Waals surface area (Å²) in [4.78, 5) is 0. The standard InChI is InChI=1S/C13H30N2/c1-4-5-6-7-9-14-11-12-15-10-8-13(2)3/h13-15H,4-12H2,1-3H3. The van der Waals surface area contributed by atoms with Crippen molar-refractivity contribution in [1.29, 1.82) is 0 Å². The van der Waals surface area contributed by atoms with Crippen molar-refractivity contribution >= 4 is 0 Å². The van der Waals surface area contributed by atoms with E-state index in [1.54, 1.807) is 0 Å². The molecule has 0 amide bonds. The van der Waals surface area contributed by atoms with Gasteiger partial charge in [0.05, 0.1) is 0 Å². The predicted molar refractivity (Wildman–Crippen MR) is 69.3 cm³/mol. The topological polar surface area (TPSA) is 24.1 Å². The molecule has 0 heterocycles. The van der Waals surface area contributed by atoms with Gasteiger partial charge in [-0.25, -0.2) is 0 Å². The fourth-order valence-corrected chi connectivity index (χ4v) is 1.49. The molecule has 0 saturated heterocycles. The van der Waals surface area contributed by atoms with Crippen LogP contribution in [0.2, 0.25) is 0 Å². The Bertz CT molecular complexity index is 113. The average Bonchev–Trinajstić information content (AvgIpc) is 2.20. The van der Waals surface area contributed by atoms with Crippen molar-refractivity contribution in [2.45, 2.75) is 52.9 Å². The summed E-state index contributed by atoms with van der Waals surface area (Å²) in [6.45, 7) is 11.4. The van der Waals surface area contributed by atoms with Gasteiger partial charge in [-0.15, -0.1) is 0 Å². The molecule has 2 nitrogen and oxygen atoms in total. The lowest BCUT2D eigenvalue weighted by atomic mass is 10.1. The first kappa shape index (κ1) is 14.9. The summed E-state index contributed by atoms with van der Waals surface area (Å²) in [5, 5.41) is 6.93. The van der Waals surface area contributed by atoms with Gasteiger partial charge in [0.1, 0.15) is 0 Å². The fourth-order valence-electron chi connectivity index (χ4n) is 1.49. The molecular weight excluding hydrogens is 184 g/mol. The Hall–Kier alpha value is -0.0800. The molecule has 92 valence electrons. The maximum atomic E-state index is 3.47. The molecule has 0 aromatic carbocycles. The third kappa shape index (κ3) is 13.9. The maximum Gasteiger partial charge on any atom is 0.00767 e. The van der Waals surface area contributed by atoms with Crippen LogP contribution in [0, 0.1) is 5.92 Å². The van der Waals surface area contributed by atoms with Gasteiger partial charge in [0.2, 0.25) is 0 Å². The summed E-state index contributed by atoms with van der Waals surface area (Å²) in [5.74, 6) is 0.819. The molecule has 0 fully saturated rings. The number of unbranched alkanes of at least 4 members (excludes halogenated alkanes) is 3. The van der Waals surface area contributed by atoms with Crippen molar-refractivity contribution in [3.8, 4) is 0 Å². The summed E-state index contributed by atoms with van der Waals surface area (Å²) < 4.78 is 0. The van der Waals surface area contributed by atoms with Crippen LogP contribution in [-0.4, -0.2) is 26.2 Å². The molecule has 0 saturated carbocycles. The van der Waals surface area contributed by atoms with Gasteiger partial charge >= 0.3 is 0 Å². The Morgan fingerprint density at radius 2 is 1.47 bits per heavy atom. The minimum atomic E-state index is 0.819. The van der Waals surface area contributed by atoms with Crippen molar-refractivity contribution in [2.75, 3.05) is 26.2 Å². The normalized spacial score (nSPS) is 11.2. The van der Waals surface area contributed by atoms with Crippen molar-refractivity contribution in [1.82, 2.24) is 10.6 Å². The molecule has 0 spiro atoms. The Labute approximate surface area is 96.2 Å². The van der Waals surface area contributed by atoms with Gasteiger partial charge in [-0.1, -0.05) is 40.0 Å². The van der Waals surface area contributed by atoms with Crippen LogP contribution in [0.4, 0.5) is 0 Å². The van der Waals surface area contributed by atoms with Crippen molar-refractivity contribution in [3.05, 3.63) is 0 Å². The fraction of sp³-hybridized carbons (Fsp3) is 1.00. The van der Waals surface area contributed by atoms with Crippen LogP contribution in [0.5, 0.6) is 0 Å². The Morgan fingerprint density at radius 3 is 2.07 bits per heavy atom. The van der Waals surface area contributed by atoms with Crippen molar-refractivity contribution < 1.29 is 0 Å². The number of hydrogen-bond donors (Lipinski definition) is 2. The van der Waals surface area contributed by atoms with E-state index in [1.165, 1.54) is 38.6 Å². The van der Waals surface area contributed by atoms with Gasteiger partial charge in [-0.05, 0) is 31.8 Å². The predicted octanol–water partition coefficient (Wildman–Crippen LogP) is 2.79. The highest BCUT2D eigenvalue weighted by Crippen LogP contribution is 1.97. The summed E-state index contributed by atoms with van der Waals surface area (Å²) in [7, 11) is 0. The van der Waals surface area contributed by atoms with Crippen LogP contribution < -0.4 is 10.6 Å². The van der Waals surface area contributed by atoms with Crippen molar-refractivity contribution in [2.24, 2.45) is 5.92 Å². The smallest absolute Gasteiger partial charge is 0.00767 e. The summed E-state index contributed by atoms with van der Waals surface area (Å²) in [6.07, 6.45) is 6.71. The van der Waals surface area contributed by atoms with Gasteiger partial charge < -0.3 is 10.6 Å². The Kier molecular flexibility index (Phi) is 11.9. The lowest BCUT2D eigenvalue weighted by Gasteiger charge is -2.07. The lowest BCUT2D eigenvalue weighted by molar-refractivity contribution is 0.522. The number of hydrogen-bond acceptors (Lipinski definition) is 2. The molecule has 0 aromatic heterocycles. The largest absolute Gasteiger partial charge is 0.315 e. The van der Waals surface area contributed by atoms with E-state index in [-0.39, 0.29) is 0 Å². The van der Waals surface area contributed by atoms with Crippen LogP contribution in [0.3, 0.4) is 0 Å². The summed E-state index contributed by atoms with van der Waals surface area (Å²) >= 11 is 0. The van der Waals surface area contributed by atoms with E-state index in [9.17, 15) is 0 Å². The summed E-state index contributed by atoms with van der Waals surface area (Å²) in [5.41, 5.74) is 0. The second-order valence-corrected chi connectivity index (χ2v) is 4.74. The van der Waals surface area contributed by atoms with Crippen LogP contribution >= 0.6 is 0 Å². The minimum absolute atomic E-state index is 0.819. The average molecular weight is 214 g/mol. The van der Waals surface area contributed by atoms with Crippen LogP contribution in [0.1, 0.15) is 52.9 Å². The van der Waals surface area contributed by atoms with E-state index in [4.69, 9.17) is 0 Å². The van der Waals surface area contributed by atoms with Crippen LogP contribution in [0.25, 0.3) is 0 Å². The van der Waals surface area contributed by atoms with E-state index >= 15 is 0 Å². The number of rotatable bonds is 11. The molecule has 0 aromatic rings. The zero-order valence-corrected chi connectivity index (χ0v) is 10.9. The zero-order valence-electron chi connectivity index (χ0n) is 10.9. The highest BCUT2D eigenvalue weighted by atomic mass is 14.9. The first-order valence-corrected chi connectivity index (χ1v) is 6.68. The molecule has 15 heavy (non-hydrogen) atoms. The number of nitrogens with one attached hydrogen (secondary N) is 2. The molecule has 0 aliphatic rings. The van der Waals surface area contributed by atoms with E-state index in [2.05, 4.69) is 31.4 Å². The Morgan fingerprint density at radius 1 is 0.800 bits per heavy atom. The van der Waals surface area contributed by atoms with E-state index in [1.807, 2.05) is 0 Å². The van der Waals surface area contributed by atoms with E-state index in [0.717, 1.165) is 25.6 Å². The third-order valence-electron chi connectivity index (χ3n) is 2.58. The first-order valence-electron chi connectivity index (χ1n) is 6.68. The van der Waals surface area contributed by atoms with Crippen LogP contribution in [-0.2, 0) is 0 Å². The molecule has 0 atom stereocenters. The minimum Gasteiger partial charge on any atom is -0.315 e. The highest BCUT2D eigenvalue weighted by molar-refractivity contribution is 4.54. The van der Waals surface area contributed by atoms with E-state index < -0.39 is 0 Å². The first-order chi connectivity index (χ1) is 7.27. The molecule has 0 aliphatic heterocycles. The van der Waals surface area contributed by atoms with E-state index in [0.29, 0.717) is 0 Å². The Balaban J connectivity index is 2.87. The SMILES string of the molecule is CCCCCCNCCNCCC(C)C. The van der Waals surface area contributed by atoms with Gasteiger partial charge in [0.25, 0.3) is 0 Å². The van der Waals surface area contributed by atoms with Crippen molar-refractivity contribution in [3.63, 3.8) is 0 Å². The molecule has 2 heteroatoms. The second kappa shape index (κ2) is 12.0. The van der Waals surface area contributed by atoms with Gasteiger partial charge in [-0.3, -0.25) is 0 Å². The maximum absolute atomic E-state index is 3.47. The molecule has 0 rings (SSSR count). The zero-order chi connectivity index (χ0) is 11.4. The molecule has 2 N–H and O–H groups in total. The monoisotopic (exact) mass is 214 g/mol. The quantitative estimate of drug-likeness (QED) is 0.517. The second-order valence-electron chi connectivity index (χ2n) is 4.74. The van der Waals surface area contributed by atoms with Gasteiger partial charge in [-0.2, -0.15) is 0 Å². The highest BCUT2D eigenvalue weighted by Gasteiger charge is 1.92. The van der Waals surface area contributed by atoms with Crippen LogP contribution in [0.15, 0.2) is 0 Å². The lowest BCUT2D eigenvalue weighted by Crippen LogP contribution is -2.28. The molecule has 0 bridgehead atoms. The molecular formula is C13H30N2. The molecule has 0 aliphatic carbocycles. The molecule has 0 radical (unpaired) electrons. The van der Waals surface area contributed by atoms with Gasteiger partial charge in [0.15, 0.2) is 0 Å². The molecule has 0 unspecified atom stereocenters. The van der Waals surface area contributed by atoms with Gasteiger partial charge in [0, 0.05) is 13.1 Å². The third-order valence-corrected chi connectivity index (χ3v) is 2.58. The summed E-state index contributed by atoms with van der Waals surface area (Å²) in [6, 6.07) is 0.